The highest BCUT2D eigenvalue weighted by molar-refractivity contribution is 6.32. The summed E-state index contributed by atoms with van der Waals surface area (Å²) in [6.07, 6.45) is 1.26. The molecule has 0 radical (unpaired) electrons. The van der Waals surface area contributed by atoms with Crippen LogP contribution in [0.25, 0.3) is 6.08 Å². The lowest BCUT2D eigenvalue weighted by Gasteiger charge is -2.07. The Morgan fingerprint density at radius 2 is 1.90 bits per heavy atom. The standard InChI is InChI=1S/C23H14ClFO4/c1-13-5-2-3-6-15(13)23(27)28-14-9-10-16-20(11-14)29-21(22(16)26)12-17-18(24)7-4-8-19(17)25/h2-12H,1H3/b21-12-. The maximum Gasteiger partial charge on any atom is 0.343 e. The fourth-order valence-electron chi connectivity index (χ4n) is 2.97. The molecular weight excluding hydrogens is 395 g/mol. The second kappa shape index (κ2) is 7.53. The Morgan fingerprint density at radius 1 is 1.10 bits per heavy atom. The van der Waals surface area contributed by atoms with E-state index in [1.807, 2.05) is 19.1 Å². The zero-order chi connectivity index (χ0) is 20.5. The maximum absolute atomic E-state index is 14.0. The Labute approximate surface area is 171 Å². The largest absolute Gasteiger partial charge is 0.452 e. The predicted molar refractivity (Wildman–Crippen MR) is 107 cm³/mol. The first kappa shape index (κ1) is 18.9. The maximum atomic E-state index is 14.0. The van der Waals surface area contributed by atoms with Gasteiger partial charge in [-0.15, -0.1) is 0 Å². The number of aryl methyl sites for hydroxylation is 1. The Bertz CT molecular complexity index is 1160. The van der Waals surface area contributed by atoms with Crippen molar-refractivity contribution in [2.24, 2.45) is 0 Å². The zero-order valence-corrected chi connectivity index (χ0v) is 16.0. The van der Waals surface area contributed by atoms with Crippen LogP contribution < -0.4 is 9.47 Å². The van der Waals surface area contributed by atoms with Crippen LogP contribution >= 0.6 is 11.6 Å². The molecule has 6 heteroatoms. The van der Waals surface area contributed by atoms with Gasteiger partial charge in [0.2, 0.25) is 5.78 Å². The Balaban J connectivity index is 1.60. The number of ether oxygens (including phenoxy) is 2. The van der Waals surface area contributed by atoms with Crippen molar-refractivity contribution in [3.63, 3.8) is 0 Å². The van der Waals surface area contributed by atoms with Crippen LogP contribution in [0.5, 0.6) is 11.5 Å². The summed E-state index contributed by atoms with van der Waals surface area (Å²) >= 11 is 6.01. The molecule has 0 saturated carbocycles. The lowest BCUT2D eigenvalue weighted by Crippen LogP contribution is -2.10. The first-order chi connectivity index (χ1) is 13.9. The van der Waals surface area contributed by atoms with Crippen LogP contribution in [-0.4, -0.2) is 11.8 Å². The van der Waals surface area contributed by atoms with Gasteiger partial charge >= 0.3 is 5.97 Å². The van der Waals surface area contributed by atoms with Crippen LogP contribution in [0.2, 0.25) is 5.02 Å². The Morgan fingerprint density at radius 3 is 2.66 bits per heavy atom. The van der Waals surface area contributed by atoms with Crippen molar-refractivity contribution in [3.8, 4) is 11.5 Å². The van der Waals surface area contributed by atoms with Gasteiger partial charge in [0.1, 0.15) is 17.3 Å². The van der Waals surface area contributed by atoms with Crippen LogP contribution in [0.15, 0.2) is 66.4 Å². The monoisotopic (exact) mass is 408 g/mol. The second-order valence-electron chi connectivity index (χ2n) is 6.44. The number of Topliss-reactive ketones (excluding diaryl/α,β-unsaturated/α-hetero) is 1. The fourth-order valence-corrected chi connectivity index (χ4v) is 3.19. The van der Waals surface area contributed by atoms with E-state index in [0.29, 0.717) is 11.1 Å². The van der Waals surface area contributed by atoms with Crippen molar-refractivity contribution in [3.05, 3.63) is 99.5 Å². The number of hydrogen-bond acceptors (Lipinski definition) is 4. The van der Waals surface area contributed by atoms with Crippen LogP contribution in [0.1, 0.15) is 31.8 Å². The van der Waals surface area contributed by atoms with Crippen LogP contribution in [0.3, 0.4) is 0 Å². The molecule has 144 valence electrons. The number of fused-ring (bicyclic) bond motifs is 1. The molecule has 4 nitrogen and oxygen atoms in total. The van der Waals surface area contributed by atoms with E-state index in [1.54, 1.807) is 12.1 Å². The summed E-state index contributed by atoms with van der Waals surface area (Å²) in [6, 6.07) is 15.8. The number of benzene rings is 3. The normalized spacial score (nSPS) is 13.9. The molecule has 1 aliphatic heterocycles. The highest BCUT2D eigenvalue weighted by Crippen LogP contribution is 2.36. The SMILES string of the molecule is Cc1ccccc1C(=O)Oc1ccc2c(c1)O/C(=C\c1c(F)cccc1Cl)C2=O. The molecule has 0 unspecified atom stereocenters. The molecule has 0 bridgehead atoms. The van der Waals surface area contributed by atoms with Gasteiger partial charge in [0.05, 0.1) is 16.1 Å². The predicted octanol–water partition coefficient (Wildman–Crippen LogP) is 5.62. The minimum atomic E-state index is -0.565. The molecule has 0 aromatic heterocycles. The summed E-state index contributed by atoms with van der Waals surface area (Å²) in [5, 5.41) is 0.165. The number of rotatable bonds is 3. The number of allylic oxidation sites excluding steroid dienone is 1. The van der Waals surface area contributed by atoms with E-state index in [-0.39, 0.29) is 27.8 Å². The molecule has 0 saturated heterocycles. The van der Waals surface area contributed by atoms with Crippen molar-refractivity contribution >= 4 is 29.4 Å². The minimum absolute atomic E-state index is 0.0608. The molecule has 0 N–H and O–H groups in total. The van der Waals surface area contributed by atoms with Gasteiger partial charge in [-0.1, -0.05) is 35.9 Å². The van der Waals surface area contributed by atoms with Crippen LogP contribution in [-0.2, 0) is 0 Å². The zero-order valence-electron chi connectivity index (χ0n) is 15.2. The topological polar surface area (TPSA) is 52.6 Å². The summed E-state index contributed by atoms with van der Waals surface area (Å²) in [5.74, 6) is -1.09. The van der Waals surface area contributed by atoms with Gasteiger partial charge in [-0.05, 0) is 48.9 Å². The molecule has 29 heavy (non-hydrogen) atoms. The number of halogens is 2. The van der Waals surface area contributed by atoms with E-state index < -0.39 is 17.6 Å². The highest BCUT2D eigenvalue weighted by atomic mass is 35.5. The fraction of sp³-hybridized carbons (Fsp3) is 0.0435. The highest BCUT2D eigenvalue weighted by Gasteiger charge is 2.28. The lowest BCUT2D eigenvalue weighted by atomic mass is 10.1. The van der Waals surface area contributed by atoms with E-state index in [1.165, 1.54) is 42.5 Å². The first-order valence-corrected chi connectivity index (χ1v) is 9.12. The quantitative estimate of drug-likeness (QED) is 0.320. The third-order valence-electron chi connectivity index (χ3n) is 4.49. The molecule has 0 amide bonds. The summed E-state index contributed by atoms with van der Waals surface area (Å²) in [5.41, 5.74) is 1.59. The number of hydrogen-bond donors (Lipinski definition) is 0. The number of ketones is 1. The van der Waals surface area contributed by atoms with Gasteiger partial charge in [-0.25, -0.2) is 9.18 Å². The molecule has 3 aromatic carbocycles. The van der Waals surface area contributed by atoms with E-state index in [2.05, 4.69) is 0 Å². The van der Waals surface area contributed by atoms with E-state index >= 15 is 0 Å². The smallest absolute Gasteiger partial charge is 0.343 e. The first-order valence-electron chi connectivity index (χ1n) is 8.74. The van der Waals surface area contributed by atoms with Crippen molar-refractivity contribution in [2.45, 2.75) is 6.92 Å². The molecule has 1 aliphatic rings. The summed E-state index contributed by atoms with van der Waals surface area (Å²) in [7, 11) is 0. The van der Waals surface area contributed by atoms with Crippen molar-refractivity contribution in [1.82, 2.24) is 0 Å². The number of esters is 1. The van der Waals surface area contributed by atoms with Crippen molar-refractivity contribution in [2.75, 3.05) is 0 Å². The molecule has 3 aromatic rings. The third-order valence-corrected chi connectivity index (χ3v) is 4.82. The number of carbonyl (C=O) groups is 2. The third kappa shape index (κ3) is 3.65. The molecule has 0 spiro atoms. The van der Waals surface area contributed by atoms with Gasteiger partial charge in [0, 0.05) is 11.6 Å². The van der Waals surface area contributed by atoms with Crippen LogP contribution in [0.4, 0.5) is 4.39 Å². The van der Waals surface area contributed by atoms with Gasteiger partial charge in [0.25, 0.3) is 0 Å². The van der Waals surface area contributed by atoms with Gasteiger partial charge in [-0.2, -0.15) is 0 Å². The Hall–Kier alpha value is -3.44. The average molecular weight is 409 g/mol. The molecule has 0 fully saturated rings. The second-order valence-corrected chi connectivity index (χ2v) is 6.84. The summed E-state index contributed by atoms with van der Waals surface area (Å²) in [4.78, 5) is 24.9. The number of carbonyl (C=O) groups excluding carboxylic acids is 2. The molecular formula is C23H14ClFO4. The van der Waals surface area contributed by atoms with Gasteiger partial charge in [0.15, 0.2) is 5.76 Å². The van der Waals surface area contributed by atoms with Crippen molar-refractivity contribution < 1.29 is 23.5 Å². The van der Waals surface area contributed by atoms with Crippen molar-refractivity contribution in [1.29, 1.82) is 0 Å². The van der Waals surface area contributed by atoms with Crippen LogP contribution in [0, 0.1) is 12.7 Å². The molecule has 1 heterocycles. The lowest BCUT2D eigenvalue weighted by molar-refractivity contribution is 0.0733. The molecule has 4 rings (SSSR count). The van der Waals surface area contributed by atoms with Gasteiger partial charge < -0.3 is 9.47 Å². The summed E-state index contributed by atoms with van der Waals surface area (Å²) < 4.78 is 25.0. The summed E-state index contributed by atoms with van der Waals surface area (Å²) in [6.45, 7) is 1.81. The molecule has 0 aliphatic carbocycles. The Kier molecular flexibility index (Phi) is 4.91. The van der Waals surface area contributed by atoms with E-state index in [9.17, 15) is 14.0 Å². The minimum Gasteiger partial charge on any atom is -0.452 e. The van der Waals surface area contributed by atoms with Gasteiger partial charge in [-0.3, -0.25) is 4.79 Å². The molecule has 0 atom stereocenters. The van der Waals surface area contributed by atoms with E-state index in [0.717, 1.165) is 5.56 Å². The van der Waals surface area contributed by atoms with E-state index in [4.69, 9.17) is 21.1 Å². The average Bonchev–Trinajstić information content (AvgIpc) is 3.00.